The van der Waals surface area contributed by atoms with E-state index >= 15 is 0 Å². The smallest absolute Gasteiger partial charge is 0.130 e. The molecule has 0 fully saturated rings. The van der Waals surface area contributed by atoms with Gasteiger partial charge < -0.3 is 26.4 Å². The molecule has 0 aliphatic carbocycles. The normalized spacial score (nSPS) is 12.4. The largest absolute Gasteiger partial charge is 1.00 e. The van der Waals surface area contributed by atoms with Crippen LogP contribution in [0.15, 0.2) is 0 Å². The van der Waals surface area contributed by atoms with Crippen LogP contribution in [0.2, 0.25) is 0 Å². The van der Waals surface area contributed by atoms with Crippen LogP contribution in [0.5, 0.6) is 0 Å². The van der Waals surface area contributed by atoms with E-state index in [1.165, 1.54) is 257 Å². The second-order valence-electron chi connectivity index (χ2n) is 18.5. The number of likely N-dealkylation sites (N-methyl/N-ethyl adjacent to an activating group) is 1. The van der Waals surface area contributed by atoms with E-state index in [2.05, 4.69) is 35.0 Å². The molecule has 0 heterocycles. The summed E-state index contributed by atoms with van der Waals surface area (Å²) in [5.41, 5.74) is 0. The number of halogens is 1. The predicted octanol–water partition coefficient (Wildman–Crippen LogP) is 13.7. The first-order valence-corrected chi connectivity index (χ1v) is 25.0. The molecule has 0 bridgehead atoms. The third kappa shape index (κ3) is 50.2. The van der Waals surface area contributed by atoms with E-state index < -0.39 is 0 Å². The second kappa shape index (κ2) is 47.5. The third-order valence-corrected chi connectivity index (χ3v) is 11.5. The molecule has 1 atom stereocenters. The average molecular weight is 787 g/mol. The minimum absolute atomic E-state index is 0. The molecule has 0 saturated carbocycles. The van der Waals surface area contributed by atoms with E-state index in [0.29, 0.717) is 0 Å². The summed E-state index contributed by atoms with van der Waals surface area (Å²) < 4.78 is 13.4. The fourth-order valence-corrected chi connectivity index (χ4v) is 8.05. The zero-order chi connectivity index (χ0) is 38.6. The van der Waals surface area contributed by atoms with Gasteiger partial charge in [0.1, 0.15) is 12.6 Å². The van der Waals surface area contributed by atoms with Crippen molar-refractivity contribution < 1.29 is 26.4 Å². The Balaban J connectivity index is 0. The number of nitrogens with zero attached hydrogens (tertiary/aromatic N) is 1. The van der Waals surface area contributed by atoms with E-state index in [-0.39, 0.29) is 18.5 Å². The molecule has 0 aromatic heterocycles. The van der Waals surface area contributed by atoms with Gasteiger partial charge in [0.25, 0.3) is 0 Å². The van der Waals surface area contributed by atoms with Crippen LogP contribution in [0.1, 0.15) is 271 Å². The van der Waals surface area contributed by atoms with Crippen LogP contribution < -0.4 is 12.4 Å². The summed E-state index contributed by atoms with van der Waals surface area (Å²) >= 11 is 0. The van der Waals surface area contributed by atoms with Crippen molar-refractivity contribution >= 4 is 0 Å². The van der Waals surface area contributed by atoms with Crippen molar-refractivity contribution in [3.63, 3.8) is 0 Å². The molecule has 0 amide bonds. The SMILES string of the molecule is CCCCCCCCCCCCCCCCCCCCCCOC[C@H](C[N+](C)(C)C)OCCCCCCCCCCCCCCCCCCCCCC.[Cl-]. The quantitative estimate of drug-likeness (QED) is 0.0452. The average Bonchev–Trinajstić information content (AvgIpc) is 3.13. The Kier molecular flexibility index (Phi) is 49.5. The number of hydrogen-bond acceptors (Lipinski definition) is 2. The van der Waals surface area contributed by atoms with Gasteiger partial charge in [0, 0.05) is 13.2 Å². The Morgan fingerprint density at radius 2 is 0.537 bits per heavy atom. The summed E-state index contributed by atoms with van der Waals surface area (Å²) in [4.78, 5) is 0. The monoisotopic (exact) mass is 786 g/mol. The van der Waals surface area contributed by atoms with E-state index in [1.807, 2.05) is 0 Å². The van der Waals surface area contributed by atoms with Crippen molar-refractivity contribution in [1.29, 1.82) is 0 Å². The van der Waals surface area contributed by atoms with Crippen molar-refractivity contribution in [2.24, 2.45) is 0 Å². The molecular formula is C50H104ClNO2. The lowest BCUT2D eigenvalue weighted by Gasteiger charge is -2.29. The van der Waals surface area contributed by atoms with Gasteiger partial charge in [-0.3, -0.25) is 0 Å². The van der Waals surface area contributed by atoms with Crippen LogP contribution in [-0.2, 0) is 9.47 Å². The van der Waals surface area contributed by atoms with Gasteiger partial charge in [0.2, 0.25) is 0 Å². The van der Waals surface area contributed by atoms with Crippen LogP contribution in [0.4, 0.5) is 0 Å². The fourth-order valence-electron chi connectivity index (χ4n) is 8.05. The van der Waals surface area contributed by atoms with Crippen LogP contribution in [-0.4, -0.2) is 58.1 Å². The molecule has 0 aliphatic heterocycles. The number of quaternary nitrogens is 1. The first kappa shape index (κ1) is 56.3. The topological polar surface area (TPSA) is 18.5 Å². The van der Waals surface area contributed by atoms with Crippen LogP contribution in [0.25, 0.3) is 0 Å². The van der Waals surface area contributed by atoms with E-state index in [4.69, 9.17) is 9.47 Å². The Morgan fingerprint density at radius 1 is 0.315 bits per heavy atom. The summed E-state index contributed by atoms with van der Waals surface area (Å²) in [6.45, 7) is 8.19. The van der Waals surface area contributed by atoms with Gasteiger partial charge in [-0.1, -0.05) is 258 Å². The maximum atomic E-state index is 6.36. The highest BCUT2D eigenvalue weighted by atomic mass is 35.5. The molecule has 0 aliphatic rings. The van der Waals surface area contributed by atoms with Gasteiger partial charge in [-0.15, -0.1) is 0 Å². The van der Waals surface area contributed by atoms with Crippen molar-refractivity contribution in [2.45, 2.75) is 277 Å². The molecule has 0 N–H and O–H groups in total. The Bertz CT molecular complexity index is 653. The summed E-state index contributed by atoms with van der Waals surface area (Å²) in [7, 11) is 6.81. The summed E-state index contributed by atoms with van der Waals surface area (Å²) in [6.07, 6.45) is 57.4. The number of ether oxygens (including phenoxy) is 2. The Hall–Kier alpha value is 0.170. The molecule has 0 unspecified atom stereocenters. The highest BCUT2D eigenvalue weighted by Crippen LogP contribution is 2.17. The summed E-state index contributed by atoms with van der Waals surface area (Å²) in [5, 5.41) is 0. The molecule has 0 spiro atoms. The Morgan fingerprint density at radius 3 is 0.778 bits per heavy atom. The van der Waals surface area contributed by atoms with E-state index in [0.717, 1.165) is 30.8 Å². The molecule has 3 nitrogen and oxygen atoms in total. The summed E-state index contributed by atoms with van der Waals surface area (Å²) in [5.74, 6) is 0. The standard InChI is InChI=1S/C50H104NO2.ClH/c1-6-8-10-12-14-16-18-20-22-24-26-28-30-32-34-36-38-40-42-44-46-52-49-50(48-51(3,4)5)53-47-45-43-41-39-37-35-33-31-29-27-25-23-21-19-17-15-13-11-9-7-2;/h50H,6-49H2,1-5H3;1H/q+1;/p-1/t50-;/m0./s1. The van der Waals surface area contributed by atoms with Crippen LogP contribution in [0, 0.1) is 0 Å². The van der Waals surface area contributed by atoms with Gasteiger partial charge in [-0.05, 0) is 12.8 Å². The highest BCUT2D eigenvalue weighted by molar-refractivity contribution is 4.58. The molecule has 328 valence electrons. The van der Waals surface area contributed by atoms with Crippen molar-refractivity contribution in [3.8, 4) is 0 Å². The number of unbranched alkanes of at least 4 members (excludes halogenated alkanes) is 38. The van der Waals surface area contributed by atoms with Crippen LogP contribution in [0.3, 0.4) is 0 Å². The fraction of sp³-hybridized carbons (Fsp3) is 1.00. The van der Waals surface area contributed by atoms with Crippen molar-refractivity contribution in [3.05, 3.63) is 0 Å². The summed E-state index contributed by atoms with van der Waals surface area (Å²) in [6, 6.07) is 0. The predicted molar refractivity (Wildman–Crippen MR) is 239 cm³/mol. The Labute approximate surface area is 349 Å². The third-order valence-electron chi connectivity index (χ3n) is 11.5. The molecule has 0 aromatic carbocycles. The van der Waals surface area contributed by atoms with Crippen LogP contribution >= 0.6 is 0 Å². The van der Waals surface area contributed by atoms with Gasteiger partial charge >= 0.3 is 0 Å². The molecular weight excluding hydrogens is 682 g/mol. The maximum absolute atomic E-state index is 6.36. The number of hydrogen-bond donors (Lipinski definition) is 0. The van der Waals surface area contributed by atoms with Crippen molar-refractivity contribution in [2.75, 3.05) is 47.5 Å². The first-order valence-electron chi connectivity index (χ1n) is 25.0. The van der Waals surface area contributed by atoms with E-state index in [1.54, 1.807) is 0 Å². The molecule has 0 saturated heterocycles. The van der Waals surface area contributed by atoms with Gasteiger partial charge in [-0.25, -0.2) is 0 Å². The molecule has 54 heavy (non-hydrogen) atoms. The zero-order valence-corrected chi connectivity index (χ0v) is 39.1. The first-order chi connectivity index (χ1) is 26.0. The molecule has 0 aromatic rings. The second-order valence-corrected chi connectivity index (χ2v) is 18.5. The lowest BCUT2D eigenvalue weighted by Crippen LogP contribution is -3.00. The molecule has 0 radical (unpaired) electrons. The van der Waals surface area contributed by atoms with Gasteiger partial charge in [-0.2, -0.15) is 0 Å². The highest BCUT2D eigenvalue weighted by Gasteiger charge is 2.19. The van der Waals surface area contributed by atoms with Crippen molar-refractivity contribution in [1.82, 2.24) is 0 Å². The number of rotatable bonds is 47. The minimum Gasteiger partial charge on any atom is -1.00 e. The van der Waals surface area contributed by atoms with Gasteiger partial charge in [0.15, 0.2) is 0 Å². The molecule has 0 rings (SSSR count). The minimum atomic E-state index is 0. The zero-order valence-electron chi connectivity index (χ0n) is 38.3. The lowest BCUT2D eigenvalue weighted by molar-refractivity contribution is -0.873. The lowest BCUT2D eigenvalue weighted by atomic mass is 10.0. The van der Waals surface area contributed by atoms with E-state index in [9.17, 15) is 0 Å². The van der Waals surface area contributed by atoms with Gasteiger partial charge in [0.05, 0.1) is 27.7 Å². The molecule has 4 heteroatoms. The maximum Gasteiger partial charge on any atom is 0.130 e.